The van der Waals surface area contributed by atoms with Crippen molar-refractivity contribution in [2.24, 2.45) is 0 Å². The molecule has 0 atom stereocenters. The van der Waals surface area contributed by atoms with E-state index >= 15 is 0 Å². The van der Waals surface area contributed by atoms with Crippen LogP contribution in [0.4, 0.5) is 5.69 Å². The molecule has 0 aliphatic heterocycles. The highest BCUT2D eigenvalue weighted by molar-refractivity contribution is 14.1. The van der Waals surface area contributed by atoms with Gasteiger partial charge in [0, 0.05) is 14.8 Å². The zero-order valence-electron chi connectivity index (χ0n) is 14.0. The second-order valence-corrected chi connectivity index (χ2v) is 6.51. The zero-order valence-corrected chi connectivity index (χ0v) is 16.1. The molecule has 128 valence electrons. The minimum absolute atomic E-state index is 0.168. The predicted octanol–water partition coefficient (Wildman–Crippen LogP) is 5.12. The maximum absolute atomic E-state index is 12.4. The summed E-state index contributed by atoms with van der Waals surface area (Å²) in [6.45, 7) is 5.19. The van der Waals surface area contributed by atoms with Crippen molar-refractivity contribution >= 4 is 34.2 Å². The standard InChI is InChI=1S/C19H22INO3/c1-3-5-11-24-17-10-9-14(12-18(17)23-4-2)19(22)21-16-8-6-7-15(20)13-16/h6-10,12-13H,3-5,11H2,1-2H3,(H,21,22). The Labute approximate surface area is 156 Å². The molecule has 2 aromatic carbocycles. The summed E-state index contributed by atoms with van der Waals surface area (Å²) < 4.78 is 12.4. The van der Waals surface area contributed by atoms with Crippen LogP contribution in [-0.4, -0.2) is 19.1 Å². The highest BCUT2D eigenvalue weighted by Crippen LogP contribution is 2.29. The Balaban J connectivity index is 2.14. The minimum Gasteiger partial charge on any atom is -0.490 e. The van der Waals surface area contributed by atoms with E-state index in [1.165, 1.54) is 0 Å². The molecule has 0 aliphatic carbocycles. The van der Waals surface area contributed by atoms with E-state index in [0.717, 1.165) is 22.1 Å². The lowest BCUT2D eigenvalue weighted by molar-refractivity contribution is 0.102. The third-order valence-corrected chi connectivity index (χ3v) is 4.01. The van der Waals surface area contributed by atoms with E-state index in [-0.39, 0.29) is 5.91 Å². The van der Waals surface area contributed by atoms with Gasteiger partial charge in [-0.25, -0.2) is 0 Å². The Morgan fingerprint density at radius 3 is 2.62 bits per heavy atom. The van der Waals surface area contributed by atoms with Crippen LogP contribution in [0, 0.1) is 3.57 Å². The summed E-state index contributed by atoms with van der Waals surface area (Å²) in [7, 11) is 0. The first-order chi connectivity index (χ1) is 11.6. The summed E-state index contributed by atoms with van der Waals surface area (Å²) in [6, 6.07) is 13.0. The highest BCUT2D eigenvalue weighted by Gasteiger charge is 2.12. The number of unbranched alkanes of at least 4 members (excludes halogenated alkanes) is 1. The fourth-order valence-corrected chi connectivity index (χ4v) is 2.68. The first-order valence-electron chi connectivity index (χ1n) is 8.10. The van der Waals surface area contributed by atoms with Gasteiger partial charge in [0.25, 0.3) is 5.91 Å². The zero-order chi connectivity index (χ0) is 17.4. The Morgan fingerprint density at radius 2 is 1.92 bits per heavy atom. The molecule has 5 heteroatoms. The van der Waals surface area contributed by atoms with Gasteiger partial charge in [-0.3, -0.25) is 4.79 Å². The molecule has 2 aromatic rings. The summed E-state index contributed by atoms with van der Waals surface area (Å²) in [5.74, 6) is 1.11. The summed E-state index contributed by atoms with van der Waals surface area (Å²) in [5, 5.41) is 2.90. The molecular weight excluding hydrogens is 417 g/mol. The Bertz CT molecular complexity index is 688. The summed E-state index contributed by atoms with van der Waals surface area (Å²) in [4.78, 5) is 12.4. The van der Waals surface area contributed by atoms with Crippen LogP contribution in [0.5, 0.6) is 11.5 Å². The molecule has 4 nitrogen and oxygen atoms in total. The lowest BCUT2D eigenvalue weighted by Gasteiger charge is -2.13. The molecule has 2 rings (SSSR count). The lowest BCUT2D eigenvalue weighted by Crippen LogP contribution is -2.12. The third-order valence-electron chi connectivity index (χ3n) is 3.34. The Morgan fingerprint density at radius 1 is 1.08 bits per heavy atom. The van der Waals surface area contributed by atoms with Crippen molar-refractivity contribution in [3.8, 4) is 11.5 Å². The number of hydrogen-bond donors (Lipinski definition) is 1. The van der Waals surface area contributed by atoms with Gasteiger partial charge in [0.15, 0.2) is 11.5 Å². The van der Waals surface area contributed by atoms with E-state index in [1.54, 1.807) is 18.2 Å². The normalized spacial score (nSPS) is 10.3. The summed E-state index contributed by atoms with van der Waals surface area (Å²) in [6.07, 6.45) is 2.06. The van der Waals surface area contributed by atoms with Gasteiger partial charge in [0.05, 0.1) is 13.2 Å². The van der Waals surface area contributed by atoms with Crippen molar-refractivity contribution in [2.45, 2.75) is 26.7 Å². The van der Waals surface area contributed by atoms with Gasteiger partial charge in [-0.15, -0.1) is 0 Å². The molecule has 0 bridgehead atoms. The van der Waals surface area contributed by atoms with Gasteiger partial charge < -0.3 is 14.8 Å². The van der Waals surface area contributed by atoms with Crippen molar-refractivity contribution in [1.82, 2.24) is 0 Å². The number of ether oxygens (including phenoxy) is 2. The number of nitrogens with one attached hydrogen (secondary N) is 1. The minimum atomic E-state index is -0.168. The van der Waals surface area contributed by atoms with Gasteiger partial charge in [-0.1, -0.05) is 19.4 Å². The SMILES string of the molecule is CCCCOc1ccc(C(=O)Nc2cccc(I)c2)cc1OCC. The number of hydrogen-bond acceptors (Lipinski definition) is 3. The average Bonchev–Trinajstić information content (AvgIpc) is 2.56. The molecule has 0 aromatic heterocycles. The van der Waals surface area contributed by atoms with Crippen LogP contribution in [0.2, 0.25) is 0 Å². The second kappa shape index (κ2) is 9.52. The second-order valence-electron chi connectivity index (χ2n) is 5.26. The number of benzene rings is 2. The summed E-state index contributed by atoms with van der Waals surface area (Å²) in [5.41, 5.74) is 1.31. The van der Waals surface area contributed by atoms with Crippen LogP contribution in [0.25, 0.3) is 0 Å². The van der Waals surface area contributed by atoms with Crippen LogP contribution in [0.3, 0.4) is 0 Å². The molecule has 0 saturated heterocycles. The first-order valence-corrected chi connectivity index (χ1v) is 9.18. The van der Waals surface area contributed by atoms with E-state index < -0.39 is 0 Å². The Kier molecular flexibility index (Phi) is 7.36. The van der Waals surface area contributed by atoms with Gasteiger partial charge >= 0.3 is 0 Å². The molecule has 1 N–H and O–H groups in total. The molecule has 24 heavy (non-hydrogen) atoms. The van der Waals surface area contributed by atoms with Crippen molar-refractivity contribution in [3.05, 3.63) is 51.6 Å². The quantitative estimate of drug-likeness (QED) is 0.459. The van der Waals surface area contributed by atoms with Crippen LogP contribution in [0.1, 0.15) is 37.0 Å². The van der Waals surface area contributed by atoms with E-state index in [4.69, 9.17) is 9.47 Å². The van der Waals surface area contributed by atoms with E-state index in [9.17, 15) is 4.79 Å². The fourth-order valence-electron chi connectivity index (χ4n) is 2.13. The number of anilines is 1. The van der Waals surface area contributed by atoms with Gasteiger partial charge in [-0.05, 0) is 72.3 Å². The molecule has 0 aliphatic rings. The molecule has 0 unspecified atom stereocenters. The van der Waals surface area contributed by atoms with Crippen molar-refractivity contribution in [2.75, 3.05) is 18.5 Å². The fraction of sp³-hybridized carbons (Fsp3) is 0.316. The molecule has 0 radical (unpaired) electrons. The molecule has 0 heterocycles. The van der Waals surface area contributed by atoms with Crippen LogP contribution >= 0.6 is 22.6 Å². The van der Waals surface area contributed by atoms with Gasteiger partial charge in [0.2, 0.25) is 0 Å². The highest BCUT2D eigenvalue weighted by atomic mass is 127. The van der Waals surface area contributed by atoms with E-state index in [0.29, 0.717) is 30.3 Å². The molecule has 0 spiro atoms. The van der Waals surface area contributed by atoms with Gasteiger partial charge in [0.1, 0.15) is 0 Å². The number of carbonyl (C=O) groups excluding carboxylic acids is 1. The van der Waals surface area contributed by atoms with Crippen molar-refractivity contribution in [1.29, 1.82) is 0 Å². The van der Waals surface area contributed by atoms with E-state index in [2.05, 4.69) is 34.8 Å². The van der Waals surface area contributed by atoms with E-state index in [1.807, 2.05) is 31.2 Å². The maximum atomic E-state index is 12.4. The number of amides is 1. The van der Waals surface area contributed by atoms with Crippen molar-refractivity contribution < 1.29 is 14.3 Å². The number of halogens is 1. The third kappa shape index (κ3) is 5.40. The maximum Gasteiger partial charge on any atom is 0.255 e. The monoisotopic (exact) mass is 439 g/mol. The topological polar surface area (TPSA) is 47.6 Å². The number of carbonyl (C=O) groups is 1. The van der Waals surface area contributed by atoms with Crippen LogP contribution < -0.4 is 14.8 Å². The molecule has 0 fully saturated rings. The smallest absolute Gasteiger partial charge is 0.255 e. The predicted molar refractivity (Wildman–Crippen MR) is 105 cm³/mol. The van der Waals surface area contributed by atoms with Crippen LogP contribution in [-0.2, 0) is 0 Å². The number of rotatable bonds is 8. The summed E-state index contributed by atoms with van der Waals surface area (Å²) >= 11 is 2.22. The van der Waals surface area contributed by atoms with Gasteiger partial charge in [-0.2, -0.15) is 0 Å². The average molecular weight is 439 g/mol. The largest absolute Gasteiger partial charge is 0.490 e. The first kappa shape index (κ1) is 18.6. The molecule has 0 saturated carbocycles. The lowest BCUT2D eigenvalue weighted by atomic mass is 10.1. The molecular formula is C19H22INO3. The van der Waals surface area contributed by atoms with Crippen molar-refractivity contribution in [3.63, 3.8) is 0 Å². The van der Waals surface area contributed by atoms with Crippen LogP contribution in [0.15, 0.2) is 42.5 Å². The Hall–Kier alpha value is -1.76. The molecule has 1 amide bonds.